The lowest BCUT2D eigenvalue weighted by molar-refractivity contribution is 0.0699. The number of hydrogen-bond donors (Lipinski definition) is 0. The summed E-state index contributed by atoms with van der Waals surface area (Å²) in [5, 5.41) is 8.56. The number of carbonyl (C=O) groups is 1. The van der Waals surface area contributed by atoms with Gasteiger partial charge in [0.25, 0.3) is 5.91 Å². The van der Waals surface area contributed by atoms with Crippen LogP contribution in [0.1, 0.15) is 22.5 Å². The highest BCUT2D eigenvalue weighted by Gasteiger charge is 2.16. The van der Waals surface area contributed by atoms with Crippen molar-refractivity contribution in [3.05, 3.63) is 23.7 Å². The number of carbonyl (C=O) groups excluding carboxylic acids is 1. The van der Waals surface area contributed by atoms with Crippen molar-refractivity contribution >= 4 is 5.91 Å². The van der Waals surface area contributed by atoms with Gasteiger partial charge in [-0.15, -0.1) is 0 Å². The van der Waals surface area contributed by atoms with Gasteiger partial charge in [0, 0.05) is 20.2 Å². The fourth-order valence-electron chi connectivity index (χ4n) is 1.44. The molecule has 1 amide bonds. The first kappa shape index (κ1) is 13.3. The molecule has 0 spiro atoms. The molecule has 1 rings (SSSR count). The van der Waals surface area contributed by atoms with Crippen molar-refractivity contribution in [2.24, 2.45) is 0 Å². The summed E-state index contributed by atoms with van der Waals surface area (Å²) in [7, 11) is 1.58. The number of methoxy groups -OCH3 is 1. The molecule has 0 bridgehead atoms. The Morgan fingerprint density at radius 2 is 2.35 bits per heavy atom. The van der Waals surface area contributed by atoms with Crippen molar-refractivity contribution in [2.75, 3.05) is 26.8 Å². The number of hydrogen-bond acceptors (Lipinski definition) is 4. The molecule has 0 N–H and O–H groups in total. The maximum Gasteiger partial charge on any atom is 0.257 e. The van der Waals surface area contributed by atoms with Crippen LogP contribution in [-0.2, 0) is 4.74 Å². The smallest absolute Gasteiger partial charge is 0.257 e. The Balaban J connectivity index is 2.68. The minimum atomic E-state index is -0.130. The summed E-state index contributed by atoms with van der Waals surface area (Å²) in [4.78, 5) is 13.7. The summed E-state index contributed by atoms with van der Waals surface area (Å²) in [5.74, 6) is 0.564. The third kappa shape index (κ3) is 3.93. The average Bonchev–Trinajstić information content (AvgIpc) is 2.75. The van der Waals surface area contributed by atoms with E-state index in [1.807, 2.05) is 6.07 Å². The maximum atomic E-state index is 12.1. The predicted molar refractivity (Wildman–Crippen MR) is 61.5 cm³/mol. The second kappa shape index (κ2) is 6.71. The molecule has 92 valence electrons. The third-order valence-electron chi connectivity index (χ3n) is 2.32. The Hall–Kier alpha value is -1.80. The highest BCUT2D eigenvalue weighted by atomic mass is 16.5. The Bertz CT molecular complexity index is 406. The largest absolute Gasteiger partial charge is 0.469 e. The summed E-state index contributed by atoms with van der Waals surface area (Å²) in [6, 6.07) is 3.72. The Morgan fingerprint density at radius 3 is 2.88 bits per heavy atom. The topological polar surface area (TPSA) is 66.5 Å². The van der Waals surface area contributed by atoms with E-state index in [4.69, 9.17) is 14.4 Å². The van der Waals surface area contributed by atoms with Crippen LogP contribution in [0.2, 0.25) is 0 Å². The highest BCUT2D eigenvalue weighted by Crippen LogP contribution is 2.10. The van der Waals surface area contributed by atoms with Gasteiger partial charge in [0.2, 0.25) is 0 Å². The third-order valence-corrected chi connectivity index (χ3v) is 2.32. The van der Waals surface area contributed by atoms with Gasteiger partial charge in [0.05, 0.1) is 24.7 Å². The lowest BCUT2D eigenvalue weighted by atomic mass is 10.2. The molecule has 0 aliphatic carbocycles. The molecule has 0 atom stereocenters. The van der Waals surface area contributed by atoms with Crippen LogP contribution in [0.15, 0.2) is 16.7 Å². The summed E-state index contributed by atoms with van der Waals surface area (Å²) in [6.45, 7) is 3.11. The number of ether oxygens (including phenoxy) is 1. The van der Waals surface area contributed by atoms with Crippen LogP contribution in [0.5, 0.6) is 0 Å². The maximum absolute atomic E-state index is 12.1. The van der Waals surface area contributed by atoms with E-state index in [9.17, 15) is 4.79 Å². The normalized spacial score (nSPS) is 9.94. The molecule has 1 aromatic heterocycles. The van der Waals surface area contributed by atoms with Gasteiger partial charge in [-0.3, -0.25) is 4.79 Å². The highest BCUT2D eigenvalue weighted by molar-refractivity contribution is 5.94. The van der Waals surface area contributed by atoms with Gasteiger partial charge in [-0.2, -0.15) is 5.26 Å². The zero-order valence-corrected chi connectivity index (χ0v) is 10.1. The lowest BCUT2D eigenvalue weighted by Gasteiger charge is -2.20. The molecule has 0 saturated heterocycles. The molecule has 1 heterocycles. The fraction of sp³-hybridized carbons (Fsp3) is 0.500. The SMILES string of the molecule is COCCN(CCC#N)C(=O)c1coc(C)c1. The van der Waals surface area contributed by atoms with Crippen LogP contribution in [0.4, 0.5) is 0 Å². The van der Waals surface area contributed by atoms with E-state index >= 15 is 0 Å². The number of furan rings is 1. The van der Waals surface area contributed by atoms with E-state index in [1.165, 1.54) is 6.26 Å². The van der Waals surface area contributed by atoms with Crippen LogP contribution in [0, 0.1) is 18.3 Å². The van der Waals surface area contributed by atoms with Crippen LogP contribution in [0.3, 0.4) is 0 Å². The lowest BCUT2D eigenvalue weighted by Crippen LogP contribution is -2.34. The Kier molecular flexibility index (Phi) is 5.24. The zero-order valence-electron chi connectivity index (χ0n) is 10.1. The first-order valence-electron chi connectivity index (χ1n) is 5.39. The average molecular weight is 236 g/mol. The monoisotopic (exact) mass is 236 g/mol. The number of nitrogens with zero attached hydrogens (tertiary/aromatic N) is 2. The van der Waals surface area contributed by atoms with E-state index in [0.717, 1.165) is 0 Å². The fourth-order valence-corrected chi connectivity index (χ4v) is 1.44. The van der Waals surface area contributed by atoms with Gasteiger partial charge >= 0.3 is 0 Å². The summed E-state index contributed by atoms with van der Waals surface area (Å²) < 4.78 is 10.0. The molecule has 17 heavy (non-hydrogen) atoms. The Morgan fingerprint density at radius 1 is 1.59 bits per heavy atom. The first-order valence-corrected chi connectivity index (χ1v) is 5.39. The predicted octanol–water partition coefficient (Wildman–Crippen LogP) is 1.59. The van der Waals surface area contributed by atoms with Crippen LogP contribution < -0.4 is 0 Å². The van der Waals surface area contributed by atoms with Gasteiger partial charge in [-0.1, -0.05) is 0 Å². The molecule has 0 unspecified atom stereocenters. The van der Waals surface area contributed by atoms with Crippen LogP contribution in [-0.4, -0.2) is 37.6 Å². The first-order chi connectivity index (χ1) is 8.19. The molecule has 0 saturated carbocycles. The van der Waals surface area contributed by atoms with Crippen LogP contribution in [0.25, 0.3) is 0 Å². The second-order valence-electron chi connectivity index (χ2n) is 3.64. The summed E-state index contributed by atoms with van der Waals surface area (Å²) in [6.07, 6.45) is 1.75. The van der Waals surface area contributed by atoms with Crippen molar-refractivity contribution in [2.45, 2.75) is 13.3 Å². The number of amides is 1. The van der Waals surface area contributed by atoms with Crippen molar-refractivity contribution in [1.29, 1.82) is 5.26 Å². The van der Waals surface area contributed by atoms with Gasteiger partial charge in [-0.25, -0.2) is 0 Å². The molecule has 0 aliphatic heterocycles. The Labute approximate surface area is 101 Å². The molecule has 5 heteroatoms. The number of rotatable bonds is 6. The summed E-state index contributed by atoms with van der Waals surface area (Å²) >= 11 is 0. The molecular formula is C12H16N2O3. The quantitative estimate of drug-likeness (QED) is 0.752. The zero-order chi connectivity index (χ0) is 12.7. The summed E-state index contributed by atoms with van der Waals surface area (Å²) in [5.41, 5.74) is 0.511. The number of nitriles is 1. The molecule has 5 nitrogen and oxygen atoms in total. The minimum Gasteiger partial charge on any atom is -0.469 e. The second-order valence-corrected chi connectivity index (χ2v) is 3.64. The molecule has 0 fully saturated rings. The van der Waals surface area contributed by atoms with Gasteiger partial charge in [-0.05, 0) is 13.0 Å². The van der Waals surface area contributed by atoms with Gasteiger partial charge < -0.3 is 14.1 Å². The standard InChI is InChI=1S/C12H16N2O3/c1-10-8-11(9-17-10)12(15)14(5-3-4-13)6-7-16-2/h8-9H,3,5-7H2,1-2H3. The molecule has 0 aromatic carbocycles. The van der Waals surface area contributed by atoms with Crippen molar-refractivity contribution < 1.29 is 13.9 Å². The van der Waals surface area contributed by atoms with E-state index in [-0.39, 0.29) is 5.91 Å². The van der Waals surface area contributed by atoms with E-state index < -0.39 is 0 Å². The van der Waals surface area contributed by atoms with E-state index in [1.54, 1.807) is 25.0 Å². The van der Waals surface area contributed by atoms with Crippen molar-refractivity contribution in [1.82, 2.24) is 4.90 Å². The molecule has 0 radical (unpaired) electrons. The van der Waals surface area contributed by atoms with Crippen molar-refractivity contribution in [3.8, 4) is 6.07 Å². The molecule has 0 aliphatic rings. The molecule has 1 aromatic rings. The van der Waals surface area contributed by atoms with E-state index in [0.29, 0.717) is 37.4 Å². The minimum absolute atomic E-state index is 0.130. The van der Waals surface area contributed by atoms with E-state index in [2.05, 4.69) is 0 Å². The van der Waals surface area contributed by atoms with Crippen LogP contribution >= 0.6 is 0 Å². The van der Waals surface area contributed by atoms with Gasteiger partial charge in [0.15, 0.2) is 0 Å². The number of aryl methyl sites for hydroxylation is 1. The van der Waals surface area contributed by atoms with Gasteiger partial charge in [0.1, 0.15) is 12.0 Å². The molecular weight excluding hydrogens is 220 g/mol. The van der Waals surface area contributed by atoms with Crippen molar-refractivity contribution in [3.63, 3.8) is 0 Å².